The molecule has 9 heteroatoms. The van der Waals surface area contributed by atoms with E-state index in [2.05, 4.69) is 0 Å². The number of hydrogen-bond donors (Lipinski definition) is 1. The van der Waals surface area contributed by atoms with Crippen LogP contribution < -0.4 is 4.74 Å². The third-order valence-corrected chi connectivity index (χ3v) is 4.83. The number of ether oxygens (including phenoxy) is 2. The van der Waals surface area contributed by atoms with Crippen LogP contribution in [0.1, 0.15) is 29.2 Å². The van der Waals surface area contributed by atoms with Crippen molar-refractivity contribution in [3.63, 3.8) is 0 Å². The fourth-order valence-electron chi connectivity index (χ4n) is 3.29. The van der Waals surface area contributed by atoms with E-state index in [9.17, 15) is 22.4 Å². The van der Waals surface area contributed by atoms with E-state index in [0.717, 1.165) is 12.1 Å². The number of aliphatic carboxylic acids is 1. The summed E-state index contributed by atoms with van der Waals surface area (Å²) < 4.78 is 64.8. The number of nitrogens with zero attached hydrogens (tertiary/aromatic N) is 1. The fraction of sp³-hybridized carbons (Fsp3) is 0.381. The summed E-state index contributed by atoms with van der Waals surface area (Å²) in [5.41, 5.74) is -0.545. The number of benzene rings is 2. The van der Waals surface area contributed by atoms with Gasteiger partial charge >= 0.3 is 12.1 Å². The summed E-state index contributed by atoms with van der Waals surface area (Å²) in [6, 6.07) is 9.14. The average Bonchev–Trinajstić information content (AvgIpc) is 2.70. The van der Waals surface area contributed by atoms with E-state index >= 15 is 0 Å². The van der Waals surface area contributed by atoms with Gasteiger partial charge in [0.25, 0.3) is 0 Å². The monoisotopic (exact) mass is 427 g/mol. The van der Waals surface area contributed by atoms with E-state index in [4.69, 9.17) is 14.6 Å². The van der Waals surface area contributed by atoms with Crippen molar-refractivity contribution >= 4 is 5.97 Å². The standard InChI is InChI=1S/C21H21F4NO4/c22-18-11-15(30-13-14-3-1-2-4-17(14)21(23,24)25)5-6-16(18)19-12-26(9-10-29-19)8-7-20(27)28/h1-6,11,19H,7-10,12-13H2,(H,27,28). The second-order valence-corrected chi connectivity index (χ2v) is 6.93. The van der Waals surface area contributed by atoms with E-state index in [1.807, 2.05) is 4.90 Å². The third kappa shape index (κ3) is 5.70. The summed E-state index contributed by atoms with van der Waals surface area (Å²) >= 11 is 0. The second kappa shape index (κ2) is 9.44. The van der Waals surface area contributed by atoms with Gasteiger partial charge in [-0.25, -0.2) is 4.39 Å². The number of carboxylic acid groups (broad SMARTS) is 1. The molecular weight excluding hydrogens is 406 g/mol. The molecule has 0 aromatic heterocycles. The first-order valence-corrected chi connectivity index (χ1v) is 9.37. The van der Waals surface area contributed by atoms with Crippen LogP contribution in [0.25, 0.3) is 0 Å². The number of alkyl halides is 3. The number of morpholine rings is 1. The maximum atomic E-state index is 14.6. The zero-order valence-corrected chi connectivity index (χ0v) is 16.0. The van der Waals surface area contributed by atoms with Crippen LogP contribution in [0.5, 0.6) is 5.75 Å². The highest BCUT2D eigenvalue weighted by atomic mass is 19.4. The molecule has 1 aliphatic rings. The highest BCUT2D eigenvalue weighted by molar-refractivity contribution is 5.66. The number of rotatable bonds is 7. The fourth-order valence-corrected chi connectivity index (χ4v) is 3.29. The predicted molar refractivity (Wildman–Crippen MR) is 99.6 cm³/mol. The Morgan fingerprint density at radius 3 is 2.70 bits per heavy atom. The molecule has 30 heavy (non-hydrogen) atoms. The lowest BCUT2D eigenvalue weighted by Crippen LogP contribution is -2.39. The second-order valence-electron chi connectivity index (χ2n) is 6.93. The molecule has 1 fully saturated rings. The molecule has 5 nitrogen and oxygen atoms in total. The SMILES string of the molecule is O=C(O)CCN1CCOC(c2ccc(OCc3ccccc3C(F)(F)F)cc2F)C1. The molecule has 1 unspecified atom stereocenters. The molecule has 2 aromatic rings. The van der Waals surface area contributed by atoms with Crippen molar-refractivity contribution in [2.24, 2.45) is 0 Å². The van der Waals surface area contributed by atoms with E-state index in [-0.39, 0.29) is 29.9 Å². The molecule has 0 aliphatic carbocycles. The lowest BCUT2D eigenvalue weighted by Gasteiger charge is -2.33. The Morgan fingerprint density at radius 2 is 2.00 bits per heavy atom. The van der Waals surface area contributed by atoms with Gasteiger partial charge in [-0.15, -0.1) is 0 Å². The highest BCUT2D eigenvalue weighted by Crippen LogP contribution is 2.33. The van der Waals surface area contributed by atoms with Gasteiger partial charge in [0.2, 0.25) is 0 Å². The molecule has 1 saturated heterocycles. The Balaban J connectivity index is 1.65. The minimum Gasteiger partial charge on any atom is -0.489 e. The number of carboxylic acids is 1. The molecule has 3 rings (SSSR count). The largest absolute Gasteiger partial charge is 0.489 e. The molecule has 162 valence electrons. The van der Waals surface area contributed by atoms with Crippen molar-refractivity contribution in [1.29, 1.82) is 0 Å². The number of halogens is 4. The molecule has 0 spiro atoms. The van der Waals surface area contributed by atoms with Gasteiger partial charge in [0.15, 0.2) is 0 Å². The van der Waals surface area contributed by atoms with Gasteiger partial charge in [-0.3, -0.25) is 9.69 Å². The van der Waals surface area contributed by atoms with E-state index in [0.29, 0.717) is 26.2 Å². The van der Waals surface area contributed by atoms with Gasteiger partial charge in [-0.05, 0) is 18.2 Å². The maximum absolute atomic E-state index is 14.6. The van der Waals surface area contributed by atoms with Crippen LogP contribution >= 0.6 is 0 Å². The minimum atomic E-state index is -4.50. The van der Waals surface area contributed by atoms with E-state index < -0.39 is 29.6 Å². The van der Waals surface area contributed by atoms with E-state index in [1.165, 1.54) is 30.3 Å². The van der Waals surface area contributed by atoms with Crippen molar-refractivity contribution < 1.29 is 36.9 Å². The Kier molecular flexibility index (Phi) is 6.94. The lowest BCUT2D eigenvalue weighted by molar-refractivity contribution is -0.139. The molecule has 0 radical (unpaired) electrons. The van der Waals surface area contributed by atoms with E-state index in [1.54, 1.807) is 0 Å². The zero-order valence-electron chi connectivity index (χ0n) is 16.0. The molecule has 2 aromatic carbocycles. The van der Waals surface area contributed by atoms with Gasteiger partial charge in [0.1, 0.15) is 18.2 Å². The topological polar surface area (TPSA) is 59.0 Å². The van der Waals surface area contributed by atoms with Crippen LogP contribution in [0.4, 0.5) is 17.6 Å². The number of hydrogen-bond acceptors (Lipinski definition) is 4. The summed E-state index contributed by atoms with van der Waals surface area (Å²) in [5, 5.41) is 8.80. The van der Waals surface area contributed by atoms with Gasteiger partial charge in [0.05, 0.1) is 24.7 Å². The highest BCUT2D eigenvalue weighted by Gasteiger charge is 2.33. The summed E-state index contributed by atoms with van der Waals surface area (Å²) in [7, 11) is 0. The van der Waals surface area contributed by atoms with Gasteiger partial charge in [-0.2, -0.15) is 13.2 Å². The molecule has 1 aliphatic heterocycles. The van der Waals surface area contributed by atoms with Crippen molar-refractivity contribution in [3.8, 4) is 5.75 Å². The van der Waals surface area contributed by atoms with Crippen molar-refractivity contribution in [2.75, 3.05) is 26.2 Å². The van der Waals surface area contributed by atoms with Crippen LogP contribution in [-0.2, 0) is 22.3 Å². The molecule has 0 amide bonds. The van der Waals surface area contributed by atoms with Gasteiger partial charge < -0.3 is 14.6 Å². The van der Waals surface area contributed by atoms with Crippen molar-refractivity contribution in [2.45, 2.75) is 25.3 Å². The van der Waals surface area contributed by atoms with Crippen LogP contribution in [0, 0.1) is 5.82 Å². The summed E-state index contributed by atoms with van der Waals surface area (Å²) in [6.45, 7) is 1.25. The lowest BCUT2D eigenvalue weighted by atomic mass is 10.1. The molecule has 0 saturated carbocycles. The van der Waals surface area contributed by atoms with Crippen LogP contribution in [-0.4, -0.2) is 42.2 Å². The Bertz CT molecular complexity index is 888. The van der Waals surface area contributed by atoms with Crippen LogP contribution in [0.2, 0.25) is 0 Å². The molecule has 1 N–H and O–H groups in total. The smallest absolute Gasteiger partial charge is 0.416 e. The Labute approximate surface area is 170 Å². The quantitative estimate of drug-likeness (QED) is 0.669. The van der Waals surface area contributed by atoms with Crippen LogP contribution in [0.15, 0.2) is 42.5 Å². The molecule has 1 heterocycles. The minimum absolute atomic E-state index is 0.0125. The van der Waals surface area contributed by atoms with Gasteiger partial charge in [0, 0.05) is 36.8 Å². The van der Waals surface area contributed by atoms with Crippen molar-refractivity contribution in [3.05, 3.63) is 65.0 Å². The maximum Gasteiger partial charge on any atom is 0.416 e. The molecular formula is C21H21F4NO4. The predicted octanol–water partition coefficient (Wildman–Crippen LogP) is 4.27. The summed E-state index contributed by atoms with van der Waals surface area (Å²) in [6.07, 6.45) is -5.08. The Hall–Kier alpha value is -2.65. The third-order valence-electron chi connectivity index (χ3n) is 4.83. The normalized spacial score (nSPS) is 17.7. The zero-order chi connectivity index (χ0) is 21.7. The molecule has 0 bridgehead atoms. The Morgan fingerprint density at radius 1 is 1.23 bits per heavy atom. The van der Waals surface area contributed by atoms with Crippen molar-refractivity contribution in [1.82, 2.24) is 4.90 Å². The average molecular weight is 427 g/mol. The first-order chi connectivity index (χ1) is 14.2. The summed E-state index contributed by atoms with van der Waals surface area (Å²) in [5.74, 6) is -1.40. The molecule has 1 atom stereocenters. The van der Waals surface area contributed by atoms with Crippen LogP contribution in [0.3, 0.4) is 0 Å². The summed E-state index contributed by atoms with van der Waals surface area (Å²) in [4.78, 5) is 12.6. The van der Waals surface area contributed by atoms with Gasteiger partial charge in [-0.1, -0.05) is 18.2 Å². The number of carbonyl (C=O) groups is 1. The first kappa shape index (κ1) is 22.0. The first-order valence-electron chi connectivity index (χ1n) is 9.37.